The number of methoxy groups -OCH3 is 1. The van der Waals surface area contributed by atoms with E-state index in [2.05, 4.69) is 57.2 Å². The summed E-state index contributed by atoms with van der Waals surface area (Å²) in [7, 11) is 1.71. The normalized spacial score (nSPS) is 11.5. The molecule has 0 heterocycles. The highest BCUT2D eigenvalue weighted by molar-refractivity contribution is 5.65. The van der Waals surface area contributed by atoms with Crippen molar-refractivity contribution in [1.82, 2.24) is 0 Å². The summed E-state index contributed by atoms with van der Waals surface area (Å²) < 4.78 is 10.8. The fourth-order valence-corrected chi connectivity index (χ4v) is 2.32. The molecule has 2 nitrogen and oxygen atoms in total. The van der Waals surface area contributed by atoms with Crippen LogP contribution in [0.2, 0.25) is 0 Å². The second-order valence-electron chi connectivity index (χ2n) is 6.55. The van der Waals surface area contributed by atoms with E-state index in [1.807, 2.05) is 12.1 Å². The van der Waals surface area contributed by atoms with Gasteiger partial charge in [0.05, 0.1) is 6.61 Å². The molecule has 2 rings (SSSR count). The minimum Gasteiger partial charge on any atom is -0.493 e. The van der Waals surface area contributed by atoms with Crippen LogP contribution in [0.15, 0.2) is 48.5 Å². The van der Waals surface area contributed by atoms with E-state index >= 15 is 0 Å². The van der Waals surface area contributed by atoms with E-state index in [4.69, 9.17) is 9.47 Å². The van der Waals surface area contributed by atoms with E-state index in [0.29, 0.717) is 6.61 Å². The van der Waals surface area contributed by atoms with Crippen molar-refractivity contribution in [1.29, 1.82) is 0 Å². The molecular formula is C20H26O2. The van der Waals surface area contributed by atoms with Gasteiger partial charge in [0.1, 0.15) is 5.75 Å². The van der Waals surface area contributed by atoms with Crippen molar-refractivity contribution in [3.63, 3.8) is 0 Å². The molecule has 0 fully saturated rings. The predicted octanol–water partition coefficient (Wildman–Crippen LogP) is 5.07. The monoisotopic (exact) mass is 298 g/mol. The summed E-state index contributed by atoms with van der Waals surface area (Å²) in [6.07, 6.45) is 0.904. The fourth-order valence-electron chi connectivity index (χ4n) is 2.32. The number of ether oxygens (including phenoxy) is 2. The third kappa shape index (κ3) is 4.60. The third-order valence-corrected chi connectivity index (χ3v) is 3.68. The molecule has 0 aliphatic heterocycles. The Labute approximate surface area is 134 Å². The van der Waals surface area contributed by atoms with Crippen molar-refractivity contribution in [2.24, 2.45) is 0 Å². The van der Waals surface area contributed by atoms with Crippen LogP contribution in [0.1, 0.15) is 32.8 Å². The highest BCUT2D eigenvalue weighted by atomic mass is 16.5. The Morgan fingerprint density at radius 1 is 0.864 bits per heavy atom. The topological polar surface area (TPSA) is 18.5 Å². The summed E-state index contributed by atoms with van der Waals surface area (Å²) in [4.78, 5) is 0. The molecule has 0 aliphatic rings. The van der Waals surface area contributed by atoms with Gasteiger partial charge in [-0.3, -0.25) is 0 Å². The van der Waals surface area contributed by atoms with E-state index in [0.717, 1.165) is 18.8 Å². The summed E-state index contributed by atoms with van der Waals surface area (Å²) in [5.74, 6) is 0.911. The van der Waals surface area contributed by atoms with Crippen LogP contribution in [0, 0.1) is 0 Å². The SMILES string of the molecule is COCCCOc1cccc(-c2ccc(C(C)(C)C)cc2)c1. The number of hydrogen-bond donors (Lipinski definition) is 0. The molecule has 0 spiro atoms. The van der Waals surface area contributed by atoms with Gasteiger partial charge in [0.15, 0.2) is 0 Å². The zero-order valence-corrected chi connectivity index (χ0v) is 14.1. The van der Waals surface area contributed by atoms with Crippen molar-refractivity contribution >= 4 is 0 Å². The molecule has 0 unspecified atom stereocenters. The van der Waals surface area contributed by atoms with Crippen LogP contribution >= 0.6 is 0 Å². The van der Waals surface area contributed by atoms with Crippen LogP contribution in [0.5, 0.6) is 5.75 Å². The molecule has 0 bridgehead atoms. The van der Waals surface area contributed by atoms with Crippen LogP contribution in [0.4, 0.5) is 0 Å². The lowest BCUT2D eigenvalue weighted by Gasteiger charge is -2.19. The Kier molecular flexibility index (Phi) is 5.62. The predicted molar refractivity (Wildman–Crippen MR) is 92.6 cm³/mol. The summed E-state index contributed by atoms with van der Waals surface area (Å²) >= 11 is 0. The number of benzene rings is 2. The minimum absolute atomic E-state index is 0.185. The minimum atomic E-state index is 0.185. The van der Waals surface area contributed by atoms with Gasteiger partial charge in [0, 0.05) is 20.1 Å². The lowest BCUT2D eigenvalue weighted by molar-refractivity contribution is 0.172. The van der Waals surface area contributed by atoms with Crippen molar-refractivity contribution in [2.75, 3.05) is 20.3 Å². The Morgan fingerprint density at radius 3 is 2.23 bits per heavy atom. The summed E-state index contributed by atoms with van der Waals surface area (Å²) in [5, 5.41) is 0. The smallest absolute Gasteiger partial charge is 0.119 e. The molecule has 0 saturated carbocycles. The fraction of sp³-hybridized carbons (Fsp3) is 0.400. The molecule has 0 saturated heterocycles. The van der Waals surface area contributed by atoms with E-state index in [1.54, 1.807) is 7.11 Å². The van der Waals surface area contributed by atoms with Crippen LogP contribution in [-0.2, 0) is 10.2 Å². The van der Waals surface area contributed by atoms with Gasteiger partial charge in [-0.05, 0) is 34.2 Å². The quantitative estimate of drug-likeness (QED) is 0.693. The number of hydrogen-bond acceptors (Lipinski definition) is 2. The Hall–Kier alpha value is -1.80. The Bertz CT molecular complexity index is 579. The Morgan fingerprint density at radius 2 is 1.59 bits per heavy atom. The van der Waals surface area contributed by atoms with Gasteiger partial charge in [-0.2, -0.15) is 0 Å². The third-order valence-electron chi connectivity index (χ3n) is 3.68. The molecular weight excluding hydrogens is 272 g/mol. The molecule has 2 aromatic carbocycles. The van der Waals surface area contributed by atoms with E-state index in [9.17, 15) is 0 Å². The molecule has 0 N–H and O–H groups in total. The molecule has 118 valence electrons. The van der Waals surface area contributed by atoms with E-state index < -0.39 is 0 Å². The lowest BCUT2D eigenvalue weighted by Crippen LogP contribution is -2.10. The van der Waals surface area contributed by atoms with Gasteiger partial charge in [-0.25, -0.2) is 0 Å². The standard InChI is InChI=1S/C20H26O2/c1-20(2,3)18-11-9-16(10-12-18)17-7-5-8-19(15-17)22-14-6-13-21-4/h5,7-12,15H,6,13-14H2,1-4H3. The first-order valence-corrected chi connectivity index (χ1v) is 7.83. The Balaban J connectivity index is 2.09. The first-order chi connectivity index (χ1) is 10.5. The maximum absolute atomic E-state index is 5.77. The van der Waals surface area contributed by atoms with Crippen LogP contribution in [0.3, 0.4) is 0 Å². The average Bonchev–Trinajstić information content (AvgIpc) is 2.51. The second kappa shape index (κ2) is 7.46. The average molecular weight is 298 g/mol. The van der Waals surface area contributed by atoms with E-state index in [1.165, 1.54) is 16.7 Å². The first-order valence-electron chi connectivity index (χ1n) is 7.83. The van der Waals surface area contributed by atoms with Crippen LogP contribution in [-0.4, -0.2) is 20.3 Å². The largest absolute Gasteiger partial charge is 0.493 e. The molecule has 2 heteroatoms. The van der Waals surface area contributed by atoms with Gasteiger partial charge in [-0.15, -0.1) is 0 Å². The summed E-state index contributed by atoms with van der Waals surface area (Å²) in [6.45, 7) is 8.11. The van der Waals surface area contributed by atoms with Gasteiger partial charge < -0.3 is 9.47 Å². The molecule has 0 amide bonds. The van der Waals surface area contributed by atoms with Gasteiger partial charge in [-0.1, -0.05) is 57.2 Å². The van der Waals surface area contributed by atoms with Crippen molar-refractivity contribution in [3.05, 3.63) is 54.1 Å². The lowest BCUT2D eigenvalue weighted by atomic mass is 9.86. The molecule has 22 heavy (non-hydrogen) atoms. The van der Waals surface area contributed by atoms with Gasteiger partial charge in [0.25, 0.3) is 0 Å². The van der Waals surface area contributed by atoms with Gasteiger partial charge >= 0.3 is 0 Å². The van der Waals surface area contributed by atoms with Gasteiger partial charge in [0.2, 0.25) is 0 Å². The maximum Gasteiger partial charge on any atom is 0.119 e. The molecule has 0 aliphatic carbocycles. The summed E-state index contributed by atoms with van der Waals surface area (Å²) in [6, 6.07) is 17.0. The van der Waals surface area contributed by atoms with Crippen LogP contribution < -0.4 is 4.74 Å². The van der Waals surface area contributed by atoms with Crippen molar-refractivity contribution in [3.8, 4) is 16.9 Å². The second-order valence-corrected chi connectivity index (χ2v) is 6.55. The highest BCUT2D eigenvalue weighted by Gasteiger charge is 2.13. The van der Waals surface area contributed by atoms with Crippen molar-refractivity contribution in [2.45, 2.75) is 32.6 Å². The first kappa shape index (κ1) is 16.6. The molecule has 2 aromatic rings. The van der Waals surface area contributed by atoms with Crippen LogP contribution in [0.25, 0.3) is 11.1 Å². The maximum atomic E-state index is 5.77. The molecule has 0 radical (unpaired) electrons. The zero-order chi connectivity index (χ0) is 16.0. The highest BCUT2D eigenvalue weighted by Crippen LogP contribution is 2.28. The molecule has 0 atom stereocenters. The number of rotatable bonds is 6. The zero-order valence-electron chi connectivity index (χ0n) is 14.1. The molecule has 0 aromatic heterocycles. The summed E-state index contributed by atoms with van der Waals surface area (Å²) in [5.41, 5.74) is 3.94. The van der Waals surface area contributed by atoms with Crippen molar-refractivity contribution < 1.29 is 9.47 Å². The van der Waals surface area contributed by atoms with E-state index in [-0.39, 0.29) is 5.41 Å².